The maximum Gasteiger partial charge on any atom is 0.223 e. The lowest BCUT2D eigenvalue weighted by Gasteiger charge is -2.23. The van der Waals surface area contributed by atoms with E-state index in [0.717, 1.165) is 22.4 Å². The van der Waals surface area contributed by atoms with Gasteiger partial charge < -0.3 is 9.64 Å². The van der Waals surface area contributed by atoms with Crippen LogP contribution in [-0.2, 0) is 4.79 Å². The Kier molecular flexibility index (Phi) is 6.19. The number of likely N-dealkylation sites (N-methyl/N-ethyl adjacent to an activating group) is 1. The standard InChI is InChI=1S/C21H25NO2/c1-16(2)15-22(3)21(23)14-20(17-8-6-5-7-9-17)18-10-12-19(24-4)13-11-18/h5-13,20H,1,14-15H2,2-4H3. The number of ether oxygens (including phenoxy) is 1. The largest absolute Gasteiger partial charge is 0.497 e. The molecule has 2 aromatic carbocycles. The Balaban J connectivity index is 2.26. The molecule has 0 spiro atoms. The molecule has 0 heterocycles. The summed E-state index contributed by atoms with van der Waals surface area (Å²) >= 11 is 0. The van der Waals surface area contributed by atoms with Crippen molar-refractivity contribution in [3.63, 3.8) is 0 Å². The van der Waals surface area contributed by atoms with Gasteiger partial charge in [0.2, 0.25) is 5.91 Å². The van der Waals surface area contributed by atoms with E-state index in [0.29, 0.717) is 13.0 Å². The van der Waals surface area contributed by atoms with Crippen LogP contribution in [0.25, 0.3) is 0 Å². The molecular formula is C21H25NO2. The summed E-state index contributed by atoms with van der Waals surface area (Å²) in [7, 11) is 3.48. The lowest BCUT2D eigenvalue weighted by Crippen LogP contribution is -2.29. The van der Waals surface area contributed by atoms with Crippen LogP contribution in [-0.4, -0.2) is 31.5 Å². The van der Waals surface area contributed by atoms with E-state index < -0.39 is 0 Å². The summed E-state index contributed by atoms with van der Waals surface area (Å²) in [6.45, 7) is 6.40. The first kappa shape index (κ1) is 17.8. The highest BCUT2D eigenvalue weighted by Crippen LogP contribution is 2.29. The van der Waals surface area contributed by atoms with Crippen molar-refractivity contribution in [2.24, 2.45) is 0 Å². The molecule has 3 heteroatoms. The van der Waals surface area contributed by atoms with E-state index in [1.165, 1.54) is 0 Å². The highest BCUT2D eigenvalue weighted by Gasteiger charge is 2.20. The predicted octanol–water partition coefficient (Wildman–Crippen LogP) is 4.25. The third-order valence-electron chi connectivity index (χ3n) is 4.03. The average molecular weight is 323 g/mol. The number of carbonyl (C=O) groups is 1. The quantitative estimate of drug-likeness (QED) is 0.713. The molecule has 0 aliphatic rings. The molecule has 1 unspecified atom stereocenters. The van der Waals surface area contributed by atoms with Gasteiger partial charge in [-0.3, -0.25) is 4.79 Å². The lowest BCUT2D eigenvalue weighted by atomic mass is 9.88. The van der Waals surface area contributed by atoms with E-state index in [1.54, 1.807) is 12.0 Å². The number of benzene rings is 2. The molecule has 0 aliphatic carbocycles. The Hall–Kier alpha value is -2.55. The summed E-state index contributed by atoms with van der Waals surface area (Å²) in [5.41, 5.74) is 3.23. The molecule has 1 atom stereocenters. The van der Waals surface area contributed by atoms with Crippen LogP contribution in [0, 0.1) is 0 Å². The number of hydrogen-bond acceptors (Lipinski definition) is 2. The van der Waals surface area contributed by atoms with Gasteiger partial charge in [0.15, 0.2) is 0 Å². The average Bonchev–Trinajstić information content (AvgIpc) is 2.59. The molecule has 0 aliphatic heterocycles. The summed E-state index contributed by atoms with van der Waals surface area (Å²) in [5, 5.41) is 0. The zero-order chi connectivity index (χ0) is 17.5. The van der Waals surface area contributed by atoms with Crippen LogP contribution in [0.3, 0.4) is 0 Å². The summed E-state index contributed by atoms with van der Waals surface area (Å²) in [6.07, 6.45) is 0.431. The number of amides is 1. The van der Waals surface area contributed by atoms with Crippen LogP contribution in [0.4, 0.5) is 0 Å². The molecule has 2 aromatic rings. The van der Waals surface area contributed by atoms with Crippen molar-refractivity contribution in [2.75, 3.05) is 20.7 Å². The van der Waals surface area contributed by atoms with Crippen molar-refractivity contribution in [1.82, 2.24) is 4.90 Å². The lowest BCUT2D eigenvalue weighted by molar-refractivity contribution is -0.129. The van der Waals surface area contributed by atoms with Crippen LogP contribution in [0.5, 0.6) is 5.75 Å². The van der Waals surface area contributed by atoms with Gasteiger partial charge in [-0.05, 0) is 30.2 Å². The molecule has 2 rings (SSSR count). The topological polar surface area (TPSA) is 29.5 Å². The van der Waals surface area contributed by atoms with Crippen molar-refractivity contribution in [2.45, 2.75) is 19.3 Å². The van der Waals surface area contributed by atoms with Crippen molar-refractivity contribution in [1.29, 1.82) is 0 Å². The molecule has 0 fully saturated rings. The Bertz CT molecular complexity index is 677. The predicted molar refractivity (Wildman–Crippen MR) is 98.3 cm³/mol. The molecule has 0 radical (unpaired) electrons. The Labute approximate surface area is 144 Å². The van der Waals surface area contributed by atoms with Gasteiger partial charge in [-0.15, -0.1) is 0 Å². The van der Waals surface area contributed by atoms with Crippen LogP contribution >= 0.6 is 0 Å². The second-order valence-electron chi connectivity index (χ2n) is 6.15. The molecule has 0 saturated carbocycles. The van der Waals surface area contributed by atoms with Crippen molar-refractivity contribution in [3.05, 3.63) is 77.9 Å². The zero-order valence-corrected chi connectivity index (χ0v) is 14.7. The van der Waals surface area contributed by atoms with Crippen molar-refractivity contribution >= 4 is 5.91 Å². The number of rotatable bonds is 7. The second-order valence-corrected chi connectivity index (χ2v) is 6.15. The molecule has 1 amide bonds. The van der Waals surface area contributed by atoms with E-state index in [1.807, 2.05) is 56.4 Å². The SMILES string of the molecule is C=C(C)CN(C)C(=O)CC(c1ccccc1)c1ccc(OC)cc1. The monoisotopic (exact) mass is 323 g/mol. The van der Waals surface area contributed by atoms with Crippen molar-refractivity contribution in [3.8, 4) is 5.75 Å². The summed E-state index contributed by atoms with van der Waals surface area (Å²) in [4.78, 5) is 14.4. The minimum atomic E-state index is 0.0252. The smallest absolute Gasteiger partial charge is 0.223 e. The fraction of sp³-hybridized carbons (Fsp3) is 0.286. The molecule has 0 aromatic heterocycles. The fourth-order valence-electron chi connectivity index (χ4n) is 2.77. The first-order chi connectivity index (χ1) is 11.5. The summed E-state index contributed by atoms with van der Waals surface area (Å²) < 4.78 is 5.23. The maximum absolute atomic E-state index is 12.6. The van der Waals surface area contributed by atoms with E-state index in [2.05, 4.69) is 18.7 Å². The van der Waals surface area contributed by atoms with E-state index in [9.17, 15) is 4.79 Å². The number of nitrogens with zero attached hydrogens (tertiary/aromatic N) is 1. The zero-order valence-electron chi connectivity index (χ0n) is 14.7. The van der Waals surface area contributed by atoms with Gasteiger partial charge in [-0.2, -0.15) is 0 Å². The maximum atomic E-state index is 12.6. The number of hydrogen-bond donors (Lipinski definition) is 0. The van der Waals surface area contributed by atoms with Crippen LogP contribution in [0.2, 0.25) is 0 Å². The van der Waals surface area contributed by atoms with Gasteiger partial charge in [-0.25, -0.2) is 0 Å². The van der Waals surface area contributed by atoms with E-state index in [4.69, 9.17) is 4.74 Å². The Morgan fingerprint density at radius 1 is 1.08 bits per heavy atom. The van der Waals surface area contributed by atoms with Gasteiger partial charge in [-0.1, -0.05) is 54.6 Å². The molecular weight excluding hydrogens is 298 g/mol. The molecule has 0 saturated heterocycles. The first-order valence-electron chi connectivity index (χ1n) is 8.08. The third-order valence-corrected chi connectivity index (χ3v) is 4.03. The minimum absolute atomic E-state index is 0.0252. The van der Waals surface area contributed by atoms with Crippen LogP contribution in [0.15, 0.2) is 66.7 Å². The fourth-order valence-corrected chi connectivity index (χ4v) is 2.77. The number of methoxy groups -OCH3 is 1. The third kappa shape index (κ3) is 4.72. The molecule has 0 N–H and O–H groups in total. The van der Waals surface area contributed by atoms with E-state index >= 15 is 0 Å². The van der Waals surface area contributed by atoms with Gasteiger partial charge >= 0.3 is 0 Å². The number of carbonyl (C=O) groups excluding carboxylic acids is 1. The highest BCUT2D eigenvalue weighted by atomic mass is 16.5. The van der Waals surface area contributed by atoms with Crippen LogP contribution in [0.1, 0.15) is 30.4 Å². The highest BCUT2D eigenvalue weighted by molar-refractivity contribution is 5.77. The summed E-state index contributed by atoms with van der Waals surface area (Å²) in [6, 6.07) is 18.1. The molecule has 3 nitrogen and oxygen atoms in total. The van der Waals surface area contributed by atoms with Gasteiger partial charge in [0.1, 0.15) is 5.75 Å². The van der Waals surface area contributed by atoms with Gasteiger partial charge in [0.05, 0.1) is 7.11 Å². The first-order valence-corrected chi connectivity index (χ1v) is 8.08. The Morgan fingerprint density at radius 3 is 2.21 bits per heavy atom. The molecule has 0 bridgehead atoms. The van der Waals surface area contributed by atoms with Gasteiger partial charge in [0.25, 0.3) is 0 Å². The van der Waals surface area contributed by atoms with Gasteiger partial charge in [0, 0.05) is 25.9 Å². The molecule has 24 heavy (non-hydrogen) atoms. The van der Waals surface area contributed by atoms with E-state index in [-0.39, 0.29) is 11.8 Å². The second kappa shape index (κ2) is 8.34. The summed E-state index contributed by atoms with van der Waals surface area (Å²) in [5.74, 6) is 0.955. The Morgan fingerprint density at radius 2 is 1.67 bits per heavy atom. The van der Waals surface area contributed by atoms with Crippen LogP contribution < -0.4 is 4.74 Å². The van der Waals surface area contributed by atoms with Crippen molar-refractivity contribution < 1.29 is 9.53 Å². The normalized spacial score (nSPS) is 11.6. The minimum Gasteiger partial charge on any atom is -0.497 e. The molecule has 126 valence electrons.